The van der Waals surface area contributed by atoms with Gasteiger partial charge in [-0.1, -0.05) is 0 Å². The molecule has 2 heterocycles. The zero-order chi connectivity index (χ0) is 8.73. The fourth-order valence-corrected chi connectivity index (χ4v) is 1.91. The van der Waals surface area contributed by atoms with E-state index in [0.29, 0.717) is 13.2 Å². The fraction of sp³-hybridized carbons (Fsp3) is 0.556. The van der Waals surface area contributed by atoms with Gasteiger partial charge >= 0.3 is 0 Å². The Morgan fingerprint density at radius 3 is 3.00 bits per heavy atom. The molecule has 0 aromatic heterocycles. The maximum absolute atomic E-state index is 5.57. The van der Waals surface area contributed by atoms with Crippen LogP contribution >= 0.6 is 0 Å². The smallest absolute Gasteiger partial charge is 0.189 e. The van der Waals surface area contributed by atoms with E-state index in [0.717, 1.165) is 24.1 Å². The van der Waals surface area contributed by atoms with Crippen molar-refractivity contribution in [1.29, 1.82) is 0 Å². The minimum Gasteiger partial charge on any atom is -0.344 e. The highest BCUT2D eigenvalue weighted by molar-refractivity contribution is 6.19. The zero-order valence-electron chi connectivity index (χ0n) is 7.19. The van der Waals surface area contributed by atoms with Crippen molar-refractivity contribution in [3.8, 4) is 0 Å². The Labute approximate surface area is 75.9 Å². The van der Waals surface area contributed by atoms with Crippen LogP contribution < -0.4 is 0 Å². The molecule has 3 rings (SSSR count). The first kappa shape index (κ1) is 7.41. The SMILES string of the molecule is C1=NN=C2CCC3(C=C12)OCCO3. The standard InChI is InChI=1S/C9H10N2O2/c1-2-9(12-3-4-13-9)5-7-6-10-11-8(1)7/h5-6H,1-4H2. The van der Waals surface area contributed by atoms with E-state index in [1.807, 2.05) is 6.08 Å². The van der Waals surface area contributed by atoms with Gasteiger partial charge < -0.3 is 9.47 Å². The molecule has 68 valence electrons. The number of rotatable bonds is 0. The monoisotopic (exact) mass is 178 g/mol. The van der Waals surface area contributed by atoms with Crippen LogP contribution in [0.1, 0.15) is 12.8 Å². The molecule has 1 spiro atoms. The summed E-state index contributed by atoms with van der Waals surface area (Å²) in [4.78, 5) is 0. The van der Waals surface area contributed by atoms with Crippen LogP contribution in [0.2, 0.25) is 0 Å². The van der Waals surface area contributed by atoms with Gasteiger partial charge in [0.25, 0.3) is 0 Å². The van der Waals surface area contributed by atoms with Crippen molar-refractivity contribution in [1.82, 2.24) is 0 Å². The molecule has 0 amide bonds. The first-order chi connectivity index (χ1) is 6.38. The average molecular weight is 178 g/mol. The van der Waals surface area contributed by atoms with Crippen LogP contribution in [-0.2, 0) is 9.47 Å². The van der Waals surface area contributed by atoms with Gasteiger partial charge in [0.05, 0.1) is 25.1 Å². The van der Waals surface area contributed by atoms with Gasteiger partial charge in [0.15, 0.2) is 5.79 Å². The van der Waals surface area contributed by atoms with Crippen LogP contribution in [0.25, 0.3) is 0 Å². The molecule has 1 saturated heterocycles. The lowest BCUT2D eigenvalue weighted by atomic mass is 9.94. The van der Waals surface area contributed by atoms with E-state index in [4.69, 9.17) is 9.47 Å². The van der Waals surface area contributed by atoms with Gasteiger partial charge in [-0.3, -0.25) is 0 Å². The molecule has 2 aliphatic heterocycles. The number of nitrogens with zero attached hydrogens (tertiary/aromatic N) is 2. The van der Waals surface area contributed by atoms with Crippen molar-refractivity contribution in [2.45, 2.75) is 18.6 Å². The summed E-state index contributed by atoms with van der Waals surface area (Å²) in [7, 11) is 0. The largest absolute Gasteiger partial charge is 0.344 e. The van der Waals surface area contributed by atoms with E-state index in [2.05, 4.69) is 10.2 Å². The minimum absolute atomic E-state index is 0.468. The third-order valence-electron chi connectivity index (χ3n) is 2.57. The van der Waals surface area contributed by atoms with Crippen molar-refractivity contribution < 1.29 is 9.47 Å². The van der Waals surface area contributed by atoms with Gasteiger partial charge in [0.1, 0.15) is 0 Å². The third-order valence-corrected chi connectivity index (χ3v) is 2.57. The highest BCUT2D eigenvalue weighted by Gasteiger charge is 2.38. The summed E-state index contributed by atoms with van der Waals surface area (Å²) in [6.45, 7) is 1.38. The molecule has 4 nitrogen and oxygen atoms in total. The van der Waals surface area contributed by atoms with E-state index in [1.165, 1.54) is 0 Å². The van der Waals surface area contributed by atoms with Crippen LogP contribution in [0.4, 0.5) is 0 Å². The normalized spacial score (nSPS) is 28.9. The van der Waals surface area contributed by atoms with Gasteiger partial charge in [-0.2, -0.15) is 10.2 Å². The Bertz CT molecular complexity index is 325. The molecule has 0 unspecified atom stereocenters. The molecule has 0 N–H and O–H groups in total. The zero-order valence-corrected chi connectivity index (χ0v) is 7.19. The lowest BCUT2D eigenvalue weighted by Crippen LogP contribution is -2.32. The van der Waals surface area contributed by atoms with Crippen molar-refractivity contribution in [3.05, 3.63) is 11.6 Å². The second kappa shape index (κ2) is 2.49. The molecular formula is C9H10N2O2. The number of fused-ring (bicyclic) bond motifs is 1. The van der Waals surface area contributed by atoms with Crippen molar-refractivity contribution in [2.75, 3.05) is 13.2 Å². The summed E-state index contributed by atoms with van der Waals surface area (Å²) >= 11 is 0. The molecule has 1 aliphatic carbocycles. The molecule has 1 fully saturated rings. The Morgan fingerprint density at radius 1 is 1.31 bits per heavy atom. The Hall–Kier alpha value is -1.00. The van der Waals surface area contributed by atoms with Crippen molar-refractivity contribution in [3.63, 3.8) is 0 Å². The fourth-order valence-electron chi connectivity index (χ4n) is 1.91. The molecule has 0 aromatic rings. The minimum atomic E-state index is -0.468. The van der Waals surface area contributed by atoms with Crippen molar-refractivity contribution >= 4 is 11.9 Å². The van der Waals surface area contributed by atoms with E-state index < -0.39 is 5.79 Å². The van der Waals surface area contributed by atoms with Crippen LogP contribution in [0, 0.1) is 0 Å². The molecular weight excluding hydrogens is 168 g/mol. The maximum Gasteiger partial charge on any atom is 0.189 e. The highest BCUT2D eigenvalue weighted by atomic mass is 16.7. The molecule has 0 saturated carbocycles. The van der Waals surface area contributed by atoms with Gasteiger partial charge in [-0.25, -0.2) is 0 Å². The Kier molecular flexibility index (Phi) is 1.42. The molecule has 3 aliphatic rings. The summed E-state index contributed by atoms with van der Waals surface area (Å²) < 4.78 is 11.1. The first-order valence-electron chi connectivity index (χ1n) is 4.49. The Balaban J connectivity index is 1.98. The van der Waals surface area contributed by atoms with Gasteiger partial charge in [-0.15, -0.1) is 0 Å². The summed E-state index contributed by atoms with van der Waals surface area (Å²) in [5.41, 5.74) is 2.12. The van der Waals surface area contributed by atoms with E-state index >= 15 is 0 Å². The first-order valence-corrected chi connectivity index (χ1v) is 4.49. The van der Waals surface area contributed by atoms with Gasteiger partial charge in [0, 0.05) is 12.0 Å². The van der Waals surface area contributed by atoms with E-state index in [-0.39, 0.29) is 0 Å². The summed E-state index contributed by atoms with van der Waals surface area (Å²) in [5, 5.41) is 7.88. The number of hydrogen-bond acceptors (Lipinski definition) is 4. The molecule has 0 radical (unpaired) electrons. The quantitative estimate of drug-likeness (QED) is 0.553. The third kappa shape index (κ3) is 1.06. The molecule has 0 bridgehead atoms. The summed E-state index contributed by atoms with van der Waals surface area (Å²) in [6, 6.07) is 0. The number of hydrogen-bond donors (Lipinski definition) is 0. The topological polar surface area (TPSA) is 43.2 Å². The lowest BCUT2D eigenvalue weighted by molar-refractivity contribution is -0.121. The predicted molar refractivity (Wildman–Crippen MR) is 47.9 cm³/mol. The highest BCUT2D eigenvalue weighted by Crippen LogP contribution is 2.33. The van der Waals surface area contributed by atoms with Gasteiger partial charge in [-0.05, 0) is 12.5 Å². The molecule has 0 aromatic carbocycles. The van der Waals surface area contributed by atoms with Crippen molar-refractivity contribution in [2.24, 2.45) is 10.2 Å². The maximum atomic E-state index is 5.57. The van der Waals surface area contributed by atoms with Crippen LogP contribution in [-0.4, -0.2) is 30.9 Å². The average Bonchev–Trinajstić information content (AvgIpc) is 2.74. The second-order valence-electron chi connectivity index (χ2n) is 3.40. The van der Waals surface area contributed by atoms with E-state index in [9.17, 15) is 0 Å². The molecule has 4 heteroatoms. The van der Waals surface area contributed by atoms with E-state index in [1.54, 1.807) is 6.21 Å². The predicted octanol–water partition coefficient (Wildman–Crippen LogP) is 0.890. The molecule has 0 atom stereocenters. The second-order valence-corrected chi connectivity index (χ2v) is 3.40. The summed E-state index contributed by atoms with van der Waals surface area (Å²) in [5.74, 6) is -0.468. The van der Waals surface area contributed by atoms with Gasteiger partial charge in [0.2, 0.25) is 0 Å². The number of ether oxygens (including phenoxy) is 2. The van der Waals surface area contributed by atoms with Crippen LogP contribution in [0.3, 0.4) is 0 Å². The van der Waals surface area contributed by atoms with Crippen LogP contribution in [0.5, 0.6) is 0 Å². The molecule has 13 heavy (non-hydrogen) atoms. The lowest BCUT2D eigenvalue weighted by Gasteiger charge is -2.27. The number of allylic oxidation sites excluding steroid dienone is 1. The Morgan fingerprint density at radius 2 is 2.15 bits per heavy atom. The summed E-state index contributed by atoms with van der Waals surface area (Å²) in [6.07, 6.45) is 5.52. The van der Waals surface area contributed by atoms with Crippen LogP contribution in [0.15, 0.2) is 21.9 Å².